The van der Waals surface area contributed by atoms with Gasteiger partial charge in [0.25, 0.3) is 0 Å². The molecule has 2 saturated carbocycles. The third-order valence-electron chi connectivity index (χ3n) is 5.29. The molecule has 4 heteroatoms. The van der Waals surface area contributed by atoms with E-state index in [1.165, 1.54) is 25.7 Å². The van der Waals surface area contributed by atoms with Gasteiger partial charge >= 0.3 is 0 Å². The largest absolute Gasteiger partial charge is 0.497 e. The number of anilines is 1. The lowest BCUT2D eigenvalue weighted by molar-refractivity contribution is 0.300. The molecule has 0 spiro atoms. The van der Waals surface area contributed by atoms with Gasteiger partial charge in [-0.25, -0.2) is 4.98 Å². The minimum atomic E-state index is 0.635. The predicted molar refractivity (Wildman–Crippen MR) is 79.6 cm³/mol. The lowest BCUT2D eigenvalue weighted by Gasteiger charge is -2.22. The van der Waals surface area contributed by atoms with Crippen LogP contribution in [0.3, 0.4) is 0 Å². The van der Waals surface area contributed by atoms with E-state index in [1.54, 1.807) is 7.11 Å². The van der Waals surface area contributed by atoms with Gasteiger partial charge in [-0.05, 0) is 49.1 Å². The van der Waals surface area contributed by atoms with Gasteiger partial charge in [0.15, 0.2) is 0 Å². The highest BCUT2D eigenvalue weighted by Gasteiger charge is 2.39. The maximum atomic E-state index is 6.13. The average Bonchev–Trinajstić information content (AvgIpc) is 3.14. The Labute approximate surface area is 118 Å². The molecule has 2 aromatic rings. The quantitative estimate of drug-likeness (QED) is 0.933. The van der Waals surface area contributed by atoms with Gasteiger partial charge in [0.1, 0.15) is 5.75 Å². The number of methoxy groups -OCH3 is 1. The number of rotatable bonds is 3. The Morgan fingerprint density at radius 3 is 2.95 bits per heavy atom. The van der Waals surface area contributed by atoms with Crippen molar-refractivity contribution >= 4 is 17.0 Å². The SMILES string of the molecule is COc1ccc2c(c1)nc(N)n2CC1CC2CCC1C2. The van der Waals surface area contributed by atoms with Crippen molar-refractivity contribution in [2.75, 3.05) is 12.8 Å². The molecule has 0 radical (unpaired) electrons. The van der Waals surface area contributed by atoms with Crippen molar-refractivity contribution in [3.63, 3.8) is 0 Å². The van der Waals surface area contributed by atoms with Gasteiger partial charge in [-0.1, -0.05) is 6.42 Å². The van der Waals surface area contributed by atoms with Gasteiger partial charge in [-0.2, -0.15) is 0 Å². The molecule has 0 aliphatic heterocycles. The van der Waals surface area contributed by atoms with E-state index in [0.717, 1.165) is 41.1 Å². The summed E-state index contributed by atoms with van der Waals surface area (Å²) in [5.41, 5.74) is 8.20. The van der Waals surface area contributed by atoms with E-state index in [0.29, 0.717) is 5.95 Å². The molecule has 2 bridgehead atoms. The van der Waals surface area contributed by atoms with Crippen molar-refractivity contribution < 1.29 is 4.74 Å². The van der Waals surface area contributed by atoms with Gasteiger partial charge in [-0.15, -0.1) is 0 Å². The second-order valence-corrected chi connectivity index (χ2v) is 6.37. The first-order valence-corrected chi connectivity index (χ1v) is 7.54. The van der Waals surface area contributed by atoms with Gasteiger partial charge in [0, 0.05) is 12.6 Å². The van der Waals surface area contributed by atoms with Crippen LogP contribution in [-0.4, -0.2) is 16.7 Å². The highest BCUT2D eigenvalue weighted by Crippen LogP contribution is 2.49. The molecule has 0 amide bonds. The van der Waals surface area contributed by atoms with Crippen LogP contribution in [0.15, 0.2) is 18.2 Å². The molecule has 2 aliphatic rings. The molecule has 106 valence electrons. The van der Waals surface area contributed by atoms with Crippen molar-refractivity contribution in [3.05, 3.63) is 18.2 Å². The van der Waals surface area contributed by atoms with E-state index in [-0.39, 0.29) is 0 Å². The summed E-state index contributed by atoms with van der Waals surface area (Å²) in [6, 6.07) is 6.02. The number of ether oxygens (including phenoxy) is 1. The molecule has 1 heterocycles. The summed E-state index contributed by atoms with van der Waals surface area (Å²) in [5.74, 6) is 4.14. The van der Waals surface area contributed by atoms with Crippen molar-refractivity contribution in [1.82, 2.24) is 9.55 Å². The highest BCUT2D eigenvalue weighted by molar-refractivity contribution is 5.79. The van der Waals surface area contributed by atoms with Gasteiger partial charge in [0.05, 0.1) is 18.1 Å². The van der Waals surface area contributed by atoms with Crippen LogP contribution in [0.1, 0.15) is 25.7 Å². The number of hydrogen-bond acceptors (Lipinski definition) is 3. The Hall–Kier alpha value is -1.71. The van der Waals surface area contributed by atoms with Crippen LogP contribution in [0, 0.1) is 17.8 Å². The maximum absolute atomic E-state index is 6.13. The second-order valence-electron chi connectivity index (χ2n) is 6.37. The molecular weight excluding hydrogens is 250 g/mol. The Bertz CT molecular complexity index is 648. The number of aromatic nitrogens is 2. The zero-order chi connectivity index (χ0) is 13.7. The fourth-order valence-corrected chi connectivity index (χ4v) is 4.28. The molecule has 4 nitrogen and oxygen atoms in total. The molecule has 20 heavy (non-hydrogen) atoms. The lowest BCUT2D eigenvalue weighted by Crippen LogP contribution is -2.18. The number of benzene rings is 1. The molecule has 1 aromatic heterocycles. The van der Waals surface area contributed by atoms with E-state index >= 15 is 0 Å². The van der Waals surface area contributed by atoms with Crippen LogP contribution in [0.2, 0.25) is 0 Å². The second kappa shape index (κ2) is 4.40. The zero-order valence-electron chi connectivity index (χ0n) is 11.9. The van der Waals surface area contributed by atoms with Crippen LogP contribution in [0.4, 0.5) is 5.95 Å². The van der Waals surface area contributed by atoms with Gasteiger partial charge < -0.3 is 15.0 Å². The van der Waals surface area contributed by atoms with Crippen molar-refractivity contribution in [2.24, 2.45) is 17.8 Å². The zero-order valence-corrected chi connectivity index (χ0v) is 11.9. The Morgan fingerprint density at radius 1 is 1.35 bits per heavy atom. The molecule has 4 rings (SSSR count). The standard InChI is InChI=1S/C16H21N3O/c1-20-13-4-5-15-14(8-13)18-16(17)19(15)9-12-7-10-2-3-11(12)6-10/h4-5,8,10-12H,2-3,6-7,9H2,1H3,(H2,17,18). The number of imidazole rings is 1. The molecule has 2 fully saturated rings. The summed E-state index contributed by atoms with van der Waals surface area (Å²) in [7, 11) is 1.68. The van der Waals surface area contributed by atoms with E-state index in [4.69, 9.17) is 10.5 Å². The summed E-state index contributed by atoms with van der Waals surface area (Å²) in [6.07, 6.45) is 5.67. The third-order valence-corrected chi connectivity index (χ3v) is 5.29. The summed E-state index contributed by atoms with van der Waals surface area (Å²) in [4.78, 5) is 4.49. The molecule has 1 aromatic carbocycles. The minimum Gasteiger partial charge on any atom is -0.497 e. The summed E-state index contributed by atoms with van der Waals surface area (Å²) in [6.45, 7) is 1.02. The predicted octanol–water partition coefficient (Wildman–Crippen LogP) is 3.06. The first-order valence-electron chi connectivity index (χ1n) is 7.54. The Morgan fingerprint density at radius 2 is 2.25 bits per heavy atom. The normalized spacial score (nSPS) is 28.4. The first kappa shape index (κ1) is 12.1. The number of fused-ring (bicyclic) bond motifs is 3. The fourth-order valence-electron chi connectivity index (χ4n) is 4.28. The van der Waals surface area contributed by atoms with Crippen LogP contribution in [-0.2, 0) is 6.54 Å². The molecule has 2 N–H and O–H groups in total. The summed E-state index contributed by atoms with van der Waals surface area (Å²) in [5, 5.41) is 0. The smallest absolute Gasteiger partial charge is 0.201 e. The number of nitrogens with two attached hydrogens (primary N) is 1. The third kappa shape index (κ3) is 1.78. The molecule has 0 saturated heterocycles. The summed E-state index contributed by atoms with van der Waals surface area (Å²) >= 11 is 0. The first-order chi connectivity index (χ1) is 9.74. The van der Waals surface area contributed by atoms with Gasteiger partial charge in [0.2, 0.25) is 5.95 Å². The molecule has 3 atom stereocenters. The van der Waals surface area contributed by atoms with E-state index in [2.05, 4.69) is 15.6 Å². The summed E-state index contributed by atoms with van der Waals surface area (Å²) < 4.78 is 7.45. The number of nitrogens with zero attached hydrogens (tertiary/aromatic N) is 2. The Kier molecular flexibility index (Phi) is 2.65. The maximum Gasteiger partial charge on any atom is 0.201 e. The fraction of sp³-hybridized carbons (Fsp3) is 0.562. The van der Waals surface area contributed by atoms with E-state index in [1.807, 2.05) is 12.1 Å². The van der Waals surface area contributed by atoms with Crippen LogP contribution in [0.25, 0.3) is 11.0 Å². The lowest BCUT2D eigenvalue weighted by atomic mass is 9.89. The van der Waals surface area contributed by atoms with Gasteiger partial charge in [-0.3, -0.25) is 0 Å². The molecule has 2 aliphatic carbocycles. The van der Waals surface area contributed by atoms with Crippen LogP contribution >= 0.6 is 0 Å². The van der Waals surface area contributed by atoms with Crippen molar-refractivity contribution in [2.45, 2.75) is 32.2 Å². The number of nitrogen functional groups attached to an aromatic ring is 1. The topological polar surface area (TPSA) is 53.1 Å². The molecular formula is C16H21N3O. The Balaban J connectivity index is 1.67. The minimum absolute atomic E-state index is 0.635. The van der Waals surface area contributed by atoms with Crippen LogP contribution in [0.5, 0.6) is 5.75 Å². The average molecular weight is 271 g/mol. The monoisotopic (exact) mass is 271 g/mol. The molecule has 3 unspecified atom stereocenters. The number of hydrogen-bond donors (Lipinski definition) is 1. The van der Waals surface area contributed by atoms with E-state index in [9.17, 15) is 0 Å². The van der Waals surface area contributed by atoms with Crippen molar-refractivity contribution in [1.29, 1.82) is 0 Å². The van der Waals surface area contributed by atoms with Crippen LogP contribution < -0.4 is 10.5 Å². The highest BCUT2D eigenvalue weighted by atomic mass is 16.5. The van der Waals surface area contributed by atoms with E-state index < -0.39 is 0 Å². The van der Waals surface area contributed by atoms with Crippen molar-refractivity contribution in [3.8, 4) is 5.75 Å².